The number of hydrogen-bond acceptors (Lipinski definition) is 4. The molecular weight excluding hydrogens is 228 g/mol. The van der Waals surface area contributed by atoms with Gasteiger partial charge in [0.2, 0.25) is 0 Å². The van der Waals surface area contributed by atoms with Crippen LogP contribution in [0.3, 0.4) is 0 Å². The lowest BCUT2D eigenvalue weighted by molar-refractivity contribution is -0.126. The normalized spacial score (nSPS) is 13.3. The van der Waals surface area contributed by atoms with Gasteiger partial charge in [0.25, 0.3) is 0 Å². The quantitative estimate of drug-likeness (QED) is 0.804. The number of ketones is 1. The summed E-state index contributed by atoms with van der Waals surface area (Å²) >= 11 is 0. The van der Waals surface area contributed by atoms with Crippen LogP contribution in [0.5, 0.6) is 0 Å². The van der Waals surface area contributed by atoms with Gasteiger partial charge in [0.15, 0.2) is 5.78 Å². The van der Waals surface area contributed by atoms with Gasteiger partial charge in [0.1, 0.15) is 6.04 Å². The summed E-state index contributed by atoms with van der Waals surface area (Å²) < 4.78 is 1.72. The predicted octanol–water partition coefficient (Wildman–Crippen LogP) is 1.81. The lowest BCUT2D eigenvalue weighted by Crippen LogP contribution is -2.25. The molecule has 5 heteroatoms. The first-order valence-corrected chi connectivity index (χ1v) is 6.54. The van der Waals surface area contributed by atoms with E-state index in [1.165, 1.54) is 0 Å². The van der Waals surface area contributed by atoms with Crippen LogP contribution in [0.2, 0.25) is 0 Å². The van der Waals surface area contributed by atoms with Gasteiger partial charge in [0, 0.05) is 12.5 Å². The highest BCUT2D eigenvalue weighted by Crippen LogP contribution is 2.21. The lowest BCUT2D eigenvalue weighted by Gasteiger charge is -2.19. The van der Waals surface area contributed by atoms with Crippen LogP contribution in [0.1, 0.15) is 45.9 Å². The summed E-state index contributed by atoms with van der Waals surface area (Å²) in [5, 5.41) is 11.2. The van der Waals surface area contributed by atoms with Crippen LogP contribution >= 0.6 is 0 Å². The first-order valence-electron chi connectivity index (χ1n) is 6.54. The third-order valence-corrected chi connectivity index (χ3v) is 2.83. The minimum Gasteiger partial charge on any atom is -0.314 e. The summed E-state index contributed by atoms with van der Waals surface area (Å²) in [6.45, 7) is 8.77. The third kappa shape index (κ3) is 3.91. The highest BCUT2D eigenvalue weighted by atomic mass is 16.1. The van der Waals surface area contributed by atoms with Crippen molar-refractivity contribution in [1.82, 2.24) is 20.3 Å². The summed E-state index contributed by atoms with van der Waals surface area (Å²) in [6, 6.07) is -0.192. The molecule has 0 aliphatic carbocycles. The Balaban J connectivity index is 2.90. The number of Topliss-reactive ketones (excluding diaryl/α,β-unsaturated/α-hetero) is 1. The van der Waals surface area contributed by atoms with Gasteiger partial charge in [-0.05, 0) is 19.4 Å². The molecule has 5 nitrogen and oxygen atoms in total. The standard InChI is InChI=1S/C13H24N4O/c1-9(2)6-12(13(18)10(3)4)17-8-11(7-14-5)15-16-17/h8-10,12,14H,6-7H2,1-5H3/t12-/m0/s1. The fourth-order valence-corrected chi connectivity index (χ4v) is 1.91. The minimum absolute atomic E-state index is 0.0192. The van der Waals surface area contributed by atoms with E-state index in [0.717, 1.165) is 12.1 Å². The van der Waals surface area contributed by atoms with Gasteiger partial charge in [-0.2, -0.15) is 0 Å². The molecule has 1 N–H and O–H groups in total. The molecule has 1 aromatic rings. The Kier molecular flexibility index (Phi) is 5.47. The Bertz CT molecular complexity index is 384. The third-order valence-electron chi connectivity index (χ3n) is 2.83. The van der Waals surface area contributed by atoms with Crippen LogP contribution < -0.4 is 5.32 Å². The maximum atomic E-state index is 12.2. The molecule has 0 fully saturated rings. The van der Waals surface area contributed by atoms with Crippen LogP contribution in [-0.2, 0) is 11.3 Å². The van der Waals surface area contributed by atoms with Gasteiger partial charge in [-0.15, -0.1) is 5.10 Å². The number of nitrogens with zero attached hydrogens (tertiary/aromatic N) is 3. The van der Waals surface area contributed by atoms with Crippen LogP contribution in [-0.4, -0.2) is 27.8 Å². The molecule has 0 aliphatic rings. The Morgan fingerprint density at radius 3 is 2.56 bits per heavy atom. The molecule has 0 bridgehead atoms. The van der Waals surface area contributed by atoms with Gasteiger partial charge >= 0.3 is 0 Å². The molecule has 0 radical (unpaired) electrons. The minimum atomic E-state index is -0.192. The molecule has 1 heterocycles. The Labute approximate surface area is 109 Å². The van der Waals surface area contributed by atoms with E-state index in [1.54, 1.807) is 4.68 Å². The average molecular weight is 252 g/mol. The first-order chi connectivity index (χ1) is 8.45. The van der Waals surface area contributed by atoms with Crippen molar-refractivity contribution in [3.05, 3.63) is 11.9 Å². The zero-order chi connectivity index (χ0) is 13.7. The van der Waals surface area contributed by atoms with E-state index >= 15 is 0 Å². The van der Waals surface area contributed by atoms with Crippen molar-refractivity contribution in [2.45, 2.75) is 46.7 Å². The number of aromatic nitrogens is 3. The van der Waals surface area contributed by atoms with Gasteiger partial charge in [-0.1, -0.05) is 32.9 Å². The summed E-state index contributed by atoms with van der Waals surface area (Å²) in [5.41, 5.74) is 0.864. The first kappa shape index (κ1) is 14.8. The molecule has 0 saturated heterocycles. The fraction of sp³-hybridized carbons (Fsp3) is 0.769. The smallest absolute Gasteiger partial charge is 0.159 e. The molecule has 0 spiro atoms. The largest absolute Gasteiger partial charge is 0.314 e. The zero-order valence-corrected chi connectivity index (χ0v) is 12.0. The van der Waals surface area contributed by atoms with Crippen molar-refractivity contribution >= 4 is 5.78 Å². The van der Waals surface area contributed by atoms with Crippen molar-refractivity contribution in [1.29, 1.82) is 0 Å². The van der Waals surface area contributed by atoms with E-state index in [4.69, 9.17) is 0 Å². The van der Waals surface area contributed by atoms with Crippen LogP contribution in [0.25, 0.3) is 0 Å². The molecule has 18 heavy (non-hydrogen) atoms. The number of rotatable bonds is 7. The molecule has 0 aromatic carbocycles. The van der Waals surface area contributed by atoms with E-state index in [0.29, 0.717) is 12.5 Å². The molecule has 1 aromatic heterocycles. The van der Waals surface area contributed by atoms with Gasteiger partial charge in [-0.3, -0.25) is 4.79 Å². The molecule has 0 aliphatic heterocycles. The highest BCUT2D eigenvalue weighted by Gasteiger charge is 2.25. The van der Waals surface area contributed by atoms with Crippen molar-refractivity contribution in [3.8, 4) is 0 Å². The van der Waals surface area contributed by atoms with E-state index < -0.39 is 0 Å². The SMILES string of the molecule is CNCc1cn([C@@H](CC(C)C)C(=O)C(C)C)nn1. The summed E-state index contributed by atoms with van der Waals surface area (Å²) in [4.78, 5) is 12.2. The second kappa shape index (κ2) is 6.64. The summed E-state index contributed by atoms with van der Waals surface area (Å²) in [5.74, 6) is 0.699. The molecule has 0 unspecified atom stereocenters. The van der Waals surface area contributed by atoms with Crippen molar-refractivity contribution < 1.29 is 4.79 Å². The molecule has 0 saturated carbocycles. The Hall–Kier alpha value is -1.23. The average Bonchev–Trinajstić information content (AvgIpc) is 2.73. The Morgan fingerprint density at radius 2 is 2.06 bits per heavy atom. The second-order valence-electron chi connectivity index (χ2n) is 5.42. The van der Waals surface area contributed by atoms with Crippen LogP contribution in [0, 0.1) is 11.8 Å². The highest BCUT2D eigenvalue weighted by molar-refractivity contribution is 5.84. The second-order valence-corrected chi connectivity index (χ2v) is 5.42. The fourth-order valence-electron chi connectivity index (χ4n) is 1.91. The Morgan fingerprint density at radius 1 is 1.39 bits per heavy atom. The number of hydrogen-bond donors (Lipinski definition) is 1. The summed E-state index contributed by atoms with van der Waals surface area (Å²) in [7, 11) is 1.86. The zero-order valence-electron chi connectivity index (χ0n) is 12.0. The van der Waals surface area contributed by atoms with E-state index in [2.05, 4.69) is 29.5 Å². The monoisotopic (exact) mass is 252 g/mol. The summed E-state index contributed by atoms with van der Waals surface area (Å²) in [6.07, 6.45) is 2.67. The maximum Gasteiger partial charge on any atom is 0.159 e. The van der Waals surface area contributed by atoms with Gasteiger partial charge in [0.05, 0.1) is 11.9 Å². The van der Waals surface area contributed by atoms with Crippen LogP contribution in [0.4, 0.5) is 0 Å². The number of nitrogens with one attached hydrogen (secondary N) is 1. The van der Waals surface area contributed by atoms with Gasteiger partial charge < -0.3 is 5.32 Å². The van der Waals surface area contributed by atoms with Gasteiger partial charge in [-0.25, -0.2) is 4.68 Å². The molecule has 1 rings (SSSR count). The predicted molar refractivity (Wildman–Crippen MR) is 71.1 cm³/mol. The van der Waals surface area contributed by atoms with Crippen molar-refractivity contribution in [2.75, 3.05) is 7.05 Å². The van der Waals surface area contributed by atoms with E-state index in [9.17, 15) is 4.79 Å². The van der Waals surface area contributed by atoms with E-state index in [1.807, 2.05) is 27.1 Å². The molecule has 1 atom stereocenters. The molecular formula is C13H24N4O. The van der Waals surface area contributed by atoms with E-state index in [-0.39, 0.29) is 17.7 Å². The maximum absolute atomic E-state index is 12.2. The molecule has 0 amide bonds. The van der Waals surface area contributed by atoms with Crippen molar-refractivity contribution in [2.24, 2.45) is 11.8 Å². The number of carbonyl (C=O) groups excluding carboxylic acids is 1. The number of carbonyl (C=O) groups is 1. The van der Waals surface area contributed by atoms with Crippen molar-refractivity contribution in [3.63, 3.8) is 0 Å². The lowest BCUT2D eigenvalue weighted by atomic mass is 9.94. The van der Waals surface area contributed by atoms with Crippen LogP contribution in [0.15, 0.2) is 6.20 Å². The topological polar surface area (TPSA) is 59.8 Å². The molecule has 102 valence electrons.